The lowest BCUT2D eigenvalue weighted by Gasteiger charge is -2.21. The monoisotopic (exact) mass is 335 g/mol. The zero-order valence-electron chi connectivity index (χ0n) is 12.8. The van der Waals surface area contributed by atoms with Crippen LogP contribution in [0, 0.1) is 0 Å². The average Bonchev–Trinajstić information content (AvgIpc) is 3.18. The Morgan fingerprint density at radius 1 is 1.35 bits per heavy atom. The van der Waals surface area contributed by atoms with E-state index in [-0.39, 0.29) is 5.91 Å². The number of nitrogens with one attached hydrogen (secondary N) is 2. The first kappa shape index (κ1) is 16.0. The van der Waals surface area contributed by atoms with E-state index in [0.29, 0.717) is 42.6 Å². The van der Waals surface area contributed by atoms with Crippen molar-refractivity contribution in [2.75, 3.05) is 19.8 Å². The van der Waals surface area contributed by atoms with Crippen molar-refractivity contribution in [1.82, 2.24) is 15.5 Å². The number of H-pyrrole nitrogens is 1. The second-order valence-corrected chi connectivity index (χ2v) is 5.95. The van der Waals surface area contributed by atoms with Gasteiger partial charge in [0.15, 0.2) is 5.79 Å². The fourth-order valence-electron chi connectivity index (χ4n) is 2.41. The number of rotatable bonds is 5. The first-order valence-electron chi connectivity index (χ1n) is 7.43. The first-order valence-corrected chi connectivity index (χ1v) is 7.81. The van der Waals surface area contributed by atoms with E-state index in [0.717, 1.165) is 5.56 Å². The van der Waals surface area contributed by atoms with Crippen LogP contribution in [0.5, 0.6) is 0 Å². The molecule has 122 valence electrons. The maximum Gasteiger partial charge on any atom is 0.269 e. The van der Waals surface area contributed by atoms with Crippen LogP contribution in [0.4, 0.5) is 0 Å². The number of ether oxygens (including phenoxy) is 2. The smallest absolute Gasteiger partial charge is 0.269 e. The zero-order valence-corrected chi connectivity index (χ0v) is 13.5. The Morgan fingerprint density at radius 3 is 2.74 bits per heavy atom. The zero-order chi connectivity index (χ0) is 16.3. The van der Waals surface area contributed by atoms with Crippen LogP contribution in [0.25, 0.3) is 11.3 Å². The Bertz CT molecular complexity index is 678. The summed E-state index contributed by atoms with van der Waals surface area (Å²) in [5.41, 5.74) is 2.00. The fraction of sp³-hybridized carbons (Fsp3) is 0.375. The van der Waals surface area contributed by atoms with Gasteiger partial charge in [-0.15, -0.1) is 0 Å². The van der Waals surface area contributed by atoms with Gasteiger partial charge in [-0.1, -0.05) is 23.7 Å². The number of amides is 1. The summed E-state index contributed by atoms with van der Waals surface area (Å²) in [6.45, 7) is 3.52. The number of hydrogen-bond acceptors (Lipinski definition) is 4. The van der Waals surface area contributed by atoms with Gasteiger partial charge in [0.2, 0.25) is 0 Å². The molecule has 23 heavy (non-hydrogen) atoms. The van der Waals surface area contributed by atoms with Crippen LogP contribution in [-0.2, 0) is 9.47 Å². The fourth-order valence-corrected chi connectivity index (χ4v) is 2.53. The van der Waals surface area contributed by atoms with Gasteiger partial charge in [-0.3, -0.25) is 9.89 Å². The molecule has 1 fully saturated rings. The molecule has 0 bridgehead atoms. The third kappa shape index (κ3) is 3.90. The van der Waals surface area contributed by atoms with E-state index < -0.39 is 5.79 Å². The normalized spacial score (nSPS) is 16.4. The molecule has 0 spiro atoms. The summed E-state index contributed by atoms with van der Waals surface area (Å²) >= 11 is 5.86. The topological polar surface area (TPSA) is 76.2 Å². The molecule has 3 rings (SSSR count). The van der Waals surface area contributed by atoms with Crippen LogP contribution in [0.2, 0.25) is 5.02 Å². The number of benzene rings is 1. The lowest BCUT2D eigenvalue weighted by atomic mass is 10.1. The molecule has 6 nitrogen and oxygen atoms in total. The minimum atomic E-state index is -0.601. The molecule has 0 radical (unpaired) electrons. The predicted molar refractivity (Wildman–Crippen MR) is 86.3 cm³/mol. The molecule has 0 atom stereocenters. The van der Waals surface area contributed by atoms with Gasteiger partial charge in [0.25, 0.3) is 5.91 Å². The Kier molecular flexibility index (Phi) is 4.66. The number of carbonyl (C=O) groups excluding carboxylic acids is 1. The van der Waals surface area contributed by atoms with Crippen molar-refractivity contribution in [3.63, 3.8) is 0 Å². The van der Waals surface area contributed by atoms with Gasteiger partial charge < -0.3 is 14.8 Å². The standard InChI is InChI=1S/C16H18ClN3O3/c1-16(22-8-9-23-16)6-7-18-15(21)14-10-13(19-20-14)11-2-4-12(17)5-3-11/h2-5,10H,6-9H2,1H3,(H,18,21)(H,19,20). The van der Waals surface area contributed by atoms with Crippen molar-refractivity contribution in [2.45, 2.75) is 19.1 Å². The van der Waals surface area contributed by atoms with Gasteiger partial charge >= 0.3 is 0 Å². The molecule has 2 heterocycles. The van der Waals surface area contributed by atoms with E-state index in [9.17, 15) is 4.79 Å². The molecule has 1 aliphatic rings. The van der Waals surface area contributed by atoms with Gasteiger partial charge in [0.1, 0.15) is 5.69 Å². The number of aromatic nitrogens is 2. The van der Waals surface area contributed by atoms with Crippen LogP contribution < -0.4 is 5.32 Å². The number of aromatic amines is 1. The molecule has 2 aromatic rings. The van der Waals surface area contributed by atoms with E-state index in [1.807, 2.05) is 19.1 Å². The van der Waals surface area contributed by atoms with Crippen molar-refractivity contribution in [2.24, 2.45) is 0 Å². The Morgan fingerprint density at radius 2 is 2.04 bits per heavy atom. The van der Waals surface area contributed by atoms with Crippen LogP contribution in [0.1, 0.15) is 23.8 Å². The molecule has 1 amide bonds. The number of nitrogens with zero attached hydrogens (tertiary/aromatic N) is 1. The maximum atomic E-state index is 12.1. The lowest BCUT2D eigenvalue weighted by Crippen LogP contribution is -2.33. The molecular formula is C16H18ClN3O3. The van der Waals surface area contributed by atoms with Crippen molar-refractivity contribution in [3.05, 3.63) is 41.0 Å². The highest BCUT2D eigenvalue weighted by Crippen LogP contribution is 2.22. The highest BCUT2D eigenvalue weighted by Gasteiger charge is 2.30. The van der Waals surface area contributed by atoms with E-state index in [1.54, 1.807) is 18.2 Å². The number of hydrogen-bond donors (Lipinski definition) is 2. The SMILES string of the molecule is CC1(CCNC(=O)c2cc(-c3ccc(Cl)cc3)n[nH]2)OCCO1. The summed E-state index contributed by atoms with van der Waals surface area (Å²) in [6, 6.07) is 9.00. The van der Waals surface area contributed by atoms with Gasteiger partial charge in [-0.2, -0.15) is 5.10 Å². The Balaban J connectivity index is 1.57. The third-order valence-corrected chi connectivity index (χ3v) is 3.98. The largest absolute Gasteiger partial charge is 0.351 e. The second-order valence-electron chi connectivity index (χ2n) is 5.51. The van der Waals surface area contributed by atoms with Crippen LogP contribution in [0.3, 0.4) is 0 Å². The van der Waals surface area contributed by atoms with Crippen molar-refractivity contribution < 1.29 is 14.3 Å². The third-order valence-electron chi connectivity index (χ3n) is 3.73. The van der Waals surface area contributed by atoms with Crippen molar-refractivity contribution >= 4 is 17.5 Å². The molecule has 0 aliphatic carbocycles. The molecule has 1 saturated heterocycles. The number of carbonyl (C=O) groups is 1. The summed E-state index contributed by atoms with van der Waals surface area (Å²) in [5.74, 6) is -0.810. The van der Waals surface area contributed by atoms with Gasteiger partial charge in [-0.05, 0) is 25.1 Å². The molecule has 2 N–H and O–H groups in total. The van der Waals surface area contributed by atoms with E-state index >= 15 is 0 Å². The predicted octanol–water partition coefficient (Wildman–Crippen LogP) is 2.61. The summed E-state index contributed by atoms with van der Waals surface area (Å²) in [6.07, 6.45) is 0.594. The second kappa shape index (κ2) is 6.70. The van der Waals surface area contributed by atoms with Crippen LogP contribution in [0.15, 0.2) is 30.3 Å². The quantitative estimate of drug-likeness (QED) is 0.880. The summed E-state index contributed by atoms with van der Waals surface area (Å²) in [5, 5.41) is 10.4. The molecule has 1 aliphatic heterocycles. The minimum absolute atomic E-state index is 0.209. The van der Waals surface area contributed by atoms with Crippen LogP contribution in [-0.4, -0.2) is 41.7 Å². The van der Waals surface area contributed by atoms with Gasteiger partial charge in [0.05, 0.1) is 18.9 Å². The molecule has 0 saturated carbocycles. The Labute approximate surface area is 139 Å². The maximum absolute atomic E-state index is 12.1. The molecular weight excluding hydrogens is 318 g/mol. The average molecular weight is 336 g/mol. The number of halogens is 1. The van der Waals surface area contributed by atoms with Crippen molar-refractivity contribution in [1.29, 1.82) is 0 Å². The van der Waals surface area contributed by atoms with Gasteiger partial charge in [0, 0.05) is 23.6 Å². The molecule has 1 aromatic carbocycles. The highest BCUT2D eigenvalue weighted by molar-refractivity contribution is 6.30. The minimum Gasteiger partial charge on any atom is -0.351 e. The lowest BCUT2D eigenvalue weighted by molar-refractivity contribution is -0.145. The van der Waals surface area contributed by atoms with E-state index in [2.05, 4.69) is 15.5 Å². The molecule has 7 heteroatoms. The highest BCUT2D eigenvalue weighted by atomic mass is 35.5. The summed E-state index contributed by atoms with van der Waals surface area (Å²) < 4.78 is 11.0. The Hall–Kier alpha value is -1.89. The van der Waals surface area contributed by atoms with Gasteiger partial charge in [-0.25, -0.2) is 0 Å². The molecule has 0 unspecified atom stereocenters. The first-order chi connectivity index (χ1) is 11.1. The van der Waals surface area contributed by atoms with Crippen LogP contribution >= 0.6 is 11.6 Å². The van der Waals surface area contributed by atoms with Crippen molar-refractivity contribution in [3.8, 4) is 11.3 Å². The molecule has 1 aromatic heterocycles. The summed E-state index contributed by atoms with van der Waals surface area (Å²) in [4.78, 5) is 12.1. The van der Waals surface area contributed by atoms with E-state index in [1.165, 1.54) is 0 Å². The van der Waals surface area contributed by atoms with E-state index in [4.69, 9.17) is 21.1 Å². The summed E-state index contributed by atoms with van der Waals surface area (Å²) in [7, 11) is 0.